The van der Waals surface area contributed by atoms with Crippen molar-refractivity contribution in [2.24, 2.45) is 0 Å². The first-order valence-electron chi connectivity index (χ1n) is 6.60. The summed E-state index contributed by atoms with van der Waals surface area (Å²) < 4.78 is 0. The maximum absolute atomic E-state index is 11.0. The zero-order chi connectivity index (χ0) is 15.2. The molecule has 0 aliphatic rings. The van der Waals surface area contributed by atoms with Crippen LogP contribution in [-0.2, 0) is 0 Å². The molecule has 0 radical (unpaired) electrons. The molecule has 1 rings (SSSR count). The zero-order valence-electron chi connectivity index (χ0n) is 12.0. The van der Waals surface area contributed by atoms with Gasteiger partial charge in [0.1, 0.15) is 6.20 Å². The van der Waals surface area contributed by atoms with Gasteiger partial charge in [0.2, 0.25) is 11.8 Å². The van der Waals surface area contributed by atoms with Crippen LogP contribution in [0, 0.1) is 10.1 Å². The van der Waals surface area contributed by atoms with E-state index in [2.05, 4.69) is 20.6 Å². The number of aromatic nitrogens is 2. The Bertz CT molecular complexity index is 462. The molecule has 8 heteroatoms. The van der Waals surface area contributed by atoms with Crippen LogP contribution in [0.25, 0.3) is 0 Å². The SMILES string of the molecule is CCCNc1ncc([N+](=O)[O-])c(NC(C)(CC)CO)n1. The lowest BCUT2D eigenvalue weighted by atomic mass is 10.0. The summed E-state index contributed by atoms with van der Waals surface area (Å²) >= 11 is 0. The molecule has 1 aromatic heterocycles. The Labute approximate surface area is 117 Å². The quantitative estimate of drug-likeness (QED) is 0.492. The normalized spacial score (nSPS) is 13.6. The highest BCUT2D eigenvalue weighted by Crippen LogP contribution is 2.26. The van der Waals surface area contributed by atoms with E-state index in [1.165, 1.54) is 6.20 Å². The molecule has 1 unspecified atom stereocenters. The summed E-state index contributed by atoms with van der Waals surface area (Å²) in [5, 5.41) is 26.3. The number of aliphatic hydroxyl groups excluding tert-OH is 1. The Morgan fingerprint density at radius 2 is 2.20 bits per heavy atom. The van der Waals surface area contributed by atoms with Gasteiger partial charge in [0, 0.05) is 6.54 Å². The highest BCUT2D eigenvalue weighted by atomic mass is 16.6. The largest absolute Gasteiger partial charge is 0.394 e. The average molecular weight is 283 g/mol. The van der Waals surface area contributed by atoms with Gasteiger partial charge < -0.3 is 15.7 Å². The third-order valence-electron chi connectivity index (χ3n) is 3.05. The third kappa shape index (κ3) is 4.02. The molecule has 0 spiro atoms. The van der Waals surface area contributed by atoms with Gasteiger partial charge in [-0.1, -0.05) is 13.8 Å². The molecule has 0 bridgehead atoms. The standard InChI is InChI=1S/C12H21N5O3/c1-4-6-13-11-14-7-9(17(19)20)10(15-11)16-12(3,5-2)8-18/h7,18H,4-6,8H2,1-3H3,(H2,13,14,15,16). The molecule has 0 saturated heterocycles. The molecule has 0 amide bonds. The van der Waals surface area contributed by atoms with Crippen LogP contribution in [0.15, 0.2) is 6.20 Å². The van der Waals surface area contributed by atoms with Crippen molar-refractivity contribution in [2.45, 2.75) is 39.2 Å². The maximum Gasteiger partial charge on any atom is 0.329 e. The minimum Gasteiger partial charge on any atom is -0.394 e. The number of rotatable bonds is 8. The predicted molar refractivity (Wildman–Crippen MR) is 76.9 cm³/mol. The molecule has 0 aliphatic carbocycles. The second kappa shape index (κ2) is 6.99. The van der Waals surface area contributed by atoms with E-state index in [4.69, 9.17) is 0 Å². The summed E-state index contributed by atoms with van der Waals surface area (Å²) in [6.07, 6.45) is 2.66. The highest BCUT2D eigenvalue weighted by molar-refractivity contribution is 5.58. The third-order valence-corrected chi connectivity index (χ3v) is 3.05. The van der Waals surface area contributed by atoms with Crippen molar-refractivity contribution >= 4 is 17.5 Å². The van der Waals surface area contributed by atoms with Crippen LogP contribution in [0.2, 0.25) is 0 Å². The van der Waals surface area contributed by atoms with Crippen LogP contribution >= 0.6 is 0 Å². The van der Waals surface area contributed by atoms with Crippen LogP contribution in [0.3, 0.4) is 0 Å². The molecule has 0 aliphatic heterocycles. The number of nitrogens with zero attached hydrogens (tertiary/aromatic N) is 3. The van der Waals surface area contributed by atoms with Gasteiger partial charge in [-0.3, -0.25) is 10.1 Å². The van der Waals surface area contributed by atoms with E-state index < -0.39 is 10.5 Å². The molecule has 0 aromatic carbocycles. The van der Waals surface area contributed by atoms with Crippen LogP contribution in [0.5, 0.6) is 0 Å². The second-order valence-corrected chi connectivity index (χ2v) is 4.81. The number of hydrogen-bond donors (Lipinski definition) is 3. The fourth-order valence-electron chi connectivity index (χ4n) is 1.45. The van der Waals surface area contributed by atoms with Crippen molar-refractivity contribution in [3.8, 4) is 0 Å². The van der Waals surface area contributed by atoms with Crippen LogP contribution in [0.4, 0.5) is 17.5 Å². The van der Waals surface area contributed by atoms with E-state index in [9.17, 15) is 15.2 Å². The number of nitro groups is 1. The first-order chi connectivity index (χ1) is 9.45. The van der Waals surface area contributed by atoms with Crippen LogP contribution < -0.4 is 10.6 Å². The first-order valence-corrected chi connectivity index (χ1v) is 6.60. The topological polar surface area (TPSA) is 113 Å². The zero-order valence-corrected chi connectivity index (χ0v) is 12.0. The molecule has 1 heterocycles. The number of nitrogens with one attached hydrogen (secondary N) is 2. The Hall–Kier alpha value is -1.96. The fourth-order valence-corrected chi connectivity index (χ4v) is 1.45. The lowest BCUT2D eigenvalue weighted by Crippen LogP contribution is -2.38. The van der Waals surface area contributed by atoms with Crippen molar-refractivity contribution in [3.63, 3.8) is 0 Å². The minimum absolute atomic E-state index is 0.113. The molecule has 1 aromatic rings. The van der Waals surface area contributed by atoms with Gasteiger partial charge in [-0.15, -0.1) is 0 Å². The maximum atomic E-state index is 11.0. The van der Waals surface area contributed by atoms with E-state index in [1.54, 1.807) is 6.92 Å². The van der Waals surface area contributed by atoms with Gasteiger partial charge in [0.05, 0.1) is 17.1 Å². The van der Waals surface area contributed by atoms with Gasteiger partial charge in [0.25, 0.3) is 0 Å². The molecule has 8 nitrogen and oxygen atoms in total. The summed E-state index contributed by atoms with van der Waals surface area (Å²) in [4.78, 5) is 18.5. The van der Waals surface area contributed by atoms with E-state index in [0.29, 0.717) is 18.9 Å². The Morgan fingerprint density at radius 1 is 1.50 bits per heavy atom. The highest BCUT2D eigenvalue weighted by Gasteiger charge is 2.26. The van der Waals surface area contributed by atoms with E-state index in [1.807, 2.05) is 13.8 Å². The molecule has 20 heavy (non-hydrogen) atoms. The van der Waals surface area contributed by atoms with Crippen molar-refractivity contribution in [2.75, 3.05) is 23.8 Å². The number of hydrogen-bond acceptors (Lipinski definition) is 7. The average Bonchev–Trinajstić information content (AvgIpc) is 2.44. The fraction of sp³-hybridized carbons (Fsp3) is 0.667. The lowest BCUT2D eigenvalue weighted by molar-refractivity contribution is -0.384. The Balaban J connectivity index is 3.08. The molecular formula is C12H21N5O3. The van der Waals surface area contributed by atoms with Gasteiger partial charge in [-0.2, -0.15) is 4.98 Å². The molecule has 0 saturated carbocycles. The summed E-state index contributed by atoms with van der Waals surface area (Å²) in [5.74, 6) is 0.443. The van der Waals surface area contributed by atoms with Crippen molar-refractivity contribution in [1.82, 2.24) is 9.97 Å². The van der Waals surface area contributed by atoms with Gasteiger partial charge in [-0.05, 0) is 19.8 Å². The number of anilines is 2. The molecular weight excluding hydrogens is 262 g/mol. The lowest BCUT2D eigenvalue weighted by Gasteiger charge is -2.27. The van der Waals surface area contributed by atoms with Crippen LogP contribution in [-0.4, -0.2) is 38.7 Å². The summed E-state index contributed by atoms with van der Waals surface area (Å²) in [7, 11) is 0. The van der Waals surface area contributed by atoms with Gasteiger partial charge in [0.15, 0.2) is 0 Å². The Morgan fingerprint density at radius 3 is 2.70 bits per heavy atom. The van der Waals surface area contributed by atoms with Gasteiger partial charge in [-0.25, -0.2) is 4.98 Å². The van der Waals surface area contributed by atoms with Gasteiger partial charge >= 0.3 is 5.69 Å². The monoisotopic (exact) mass is 283 g/mol. The van der Waals surface area contributed by atoms with E-state index in [0.717, 1.165) is 6.42 Å². The molecule has 0 fully saturated rings. The second-order valence-electron chi connectivity index (χ2n) is 4.81. The van der Waals surface area contributed by atoms with E-state index in [-0.39, 0.29) is 18.1 Å². The van der Waals surface area contributed by atoms with E-state index >= 15 is 0 Å². The smallest absolute Gasteiger partial charge is 0.329 e. The number of aliphatic hydroxyl groups is 1. The first kappa shape index (κ1) is 16.1. The molecule has 112 valence electrons. The summed E-state index contributed by atoms with van der Waals surface area (Å²) in [5.41, 5.74) is -0.874. The summed E-state index contributed by atoms with van der Waals surface area (Å²) in [6, 6.07) is 0. The van der Waals surface area contributed by atoms with Crippen molar-refractivity contribution in [3.05, 3.63) is 16.3 Å². The summed E-state index contributed by atoms with van der Waals surface area (Å²) in [6.45, 7) is 6.19. The predicted octanol–water partition coefficient (Wildman–Crippen LogP) is 1.78. The Kier molecular flexibility index (Phi) is 5.63. The molecule has 3 N–H and O–H groups in total. The van der Waals surface area contributed by atoms with Crippen molar-refractivity contribution < 1.29 is 10.0 Å². The van der Waals surface area contributed by atoms with Crippen LogP contribution in [0.1, 0.15) is 33.6 Å². The minimum atomic E-state index is -0.666. The van der Waals surface area contributed by atoms with Crippen molar-refractivity contribution in [1.29, 1.82) is 0 Å². The molecule has 1 atom stereocenters.